The lowest BCUT2D eigenvalue weighted by Crippen LogP contribution is -2.19. The number of carbonyl (C=O) groups excluding carboxylic acids is 2. The van der Waals surface area contributed by atoms with Gasteiger partial charge in [0.1, 0.15) is 5.69 Å². The number of carbonyl (C=O) groups is 2. The molecular weight excluding hydrogens is 469 g/mol. The summed E-state index contributed by atoms with van der Waals surface area (Å²) in [6.07, 6.45) is -3.82. The van der Waals surface area contributed by atoms with Crippen LogP contribution in [-0.2, 0) is 6.18 Å². The minimum Gasteiger partial charge on any atom is -0.364 e. The van der Waals surface area contributed by atoms with Crippen LogP contribution in [0.4, 0.5) is 18.9 Å². The minimum absolute atomic E-state index is 0.0694. The first kappa shape index (κ1) is 22.8. The minimum atomic E-state index is -4.85. The van der Waals surface area contributed by atoms with Gasteiger partial charge in [-0.2, -0.15) is 23.5 Å². The Bertz CT molecular complexity index is 1460. The summed E-state index contributed by atoms with van der Waals surface area (Å²) in [6, 6.07) is 15.6. The highest BCUT2D eigenvalue weighted by atomic mass is 32.2. The number of alkyl halides is 3. The molecule has 170 valence electrons. The topological polar surface area (TPSA) is 127 Å². The Hall–Kier alpha value is -4.37. The SMILES string of the molecule is N#Cc1ccc(Sn2cc(NC(=O)c3cc(C(N)=O)nc4ccccc34)c(C(F)(F)F)n2)cc1. The molecule has 0 saturated carbocycles. The highest BCUT2D eigenvalue weighted by Crippen LogP contribution is 2.36. The summed E-state index contributed by atoms with van der Waals surface area (Å²) in [5, 5.41) is 15.0. The predicted octanol–water partition coefficient (Wildman–Crippen LogP) is 4.23. The number of aromatic nitrogens is 3. The molecule has 0 radical (unpaired) electrons. The van der Waals surface area contributed by atoms with E-state index in [1.807, 2.05) is 6.07 Å². The number of nitrogens with one attached hydrogen (secondary N) is 1. The quantitative estimate of drug-likeness (QED) is 0.438. The Balaban J connectivity index is 1.70. The summed E-state index contributed by atoms with van der Waals surface area (Å²) in [5.41, 5.74) is 3.83. The Morgan fingerprint density at radius 3 is 2.47 bits per heavy atom. The maximum absolute atomic E-state index is 13.6. The first-order valence-corrected chi connectivity index (χ1v) is 10.3. The molecule has 2 heterocycles. The van der Waals surface area contributed by atoms with Gasteiger partial charge >= 0.3 is 6.18 Å². The number of hydrogen-bond donors (Lipinski definition) is 2. The number of nitriles is 1. The van der Waals surface area contributed by atoms with Crippen LogP contribution in [0.15, 0.2) is 65.7 Å². The number of para-hydroxylation sites is 1. The van der Waals surface area contributed by atoms with Crippen LogP contribution in [-0.4, -0.2) is 26.0 Å². The average Bonchev–Trinajstić information content (AvgIpc) is 3.21. The first-order valence-electron chi connectivity index (χ1n) is 9.52. The molecule has 12 heteroatoms. The third-order valence-corrected chi connectivity index (χ3v) is 5.46. The van der Waals surface area contributed by atoms with Gasteiger partial charge in [-0.25, -0.2) is 9.07 Å². The van der Waals surface area contributed by atoms with Crippen LogP contribution < -0.4 is 11.1 Å². The lowest BCUT2D eigenvalue weighted by Gasteiger charge is -2.10. The second kappa shape index (κ2) is 8.87. The molecule has 4 rings (SSSR count). The van der Waals surface area contributed by atoms with Gasteiger partial charge in [-0.15, -0.1) is 0 Å². The number of primary amides is 1. The lowest BCUT2D eigenvalue weighted by atomic mass is 10.1. The van der Waals surface area contributed by atoms with E-state index >= 15 is 0 Å². The van der Waals surface area contributed by atoms with Crippen molar-refractivity contribution in [3.8, 4) is 6.07 Å². The molecule has 0 unspecified atom stereocenters. The molecular formula is C22H13F3N6O2S. The summed E-state index contributed by atoms with van der Waals surface area (Å²) < 4.78 is 41.9. The van der Waals surface area contributed by atoms with Crippen molar-refractivity contribution in [2.24, 2.45) is 5.73 Å². The molecule has 2 aromatic heterocycles. The van der Waals surface area contributed by atoms with Crippen molar-refractivity contribution in [2.75, 3.05) is 5.32 Å². The average molecular weight is 482 g/mol. The van der Waals surface area contributed by atoms with Crippen LogP contribution in [0.3, 0.4) is 0 Å². The molecule has 0 fully saturated rings. The smallest absolute Gasteiger partial charge is 0.364 e. The van der Waals surface area contributed by atoms with Gasteiger partial charge in [-0.3, -0.25) is 9.59 Å². The summed E-state index contributed by atoms with van der Waals surface area (Å²) >= 11 is 0.863. The van der Waals surface area contributed by atoms with Crippen LogP contribution >= 0.6 is 11.9 Å². The second-order valence-corrected chi connectivity index (χ2v) is 7.94. The van der Waals surface area contributed by atoms with Gasteiger partial charge in [-0.1, -0.05) is 18.2 Å². The van der Waals surface area contributed by atoms with Crippen molar-refractivity contribution >= 4 is 40.4 Å². The third-order valence-electron chi connectivity index (χ3n) is 4.61. The molecule has 0 atom stereocenters. The van der Waals surface area contributed by atoms with E-state index in [1.165, 1.54) is 12.1 Å². The number of rotatable bonds is 5. The van der Waals surface area contributed by atoms with Gasteiger partial charge in [-0.05, 0) is 36.4 Å². The number of amides is 2. The number of nitrogens with two attached hydrogens (primary N) is 1. The molecule has 0 aliphatic heterocycles. The molecule has 2 aromatic carbocycles. The molecule has 3 N–H and O–H groups in total. The lowest BCUT2D eigenvalue weighted by molar-refractivity contribution is -0.140. The Kier molecular flexibility index (Phi) is 5.95. The zero-order valence-electron chi connectivity index (χ0n) is 17.0. The first-order chi connectivity index (χ1) is 16.2. The number of pyridine rings is 1. The summed E-state index contributed by atoms with van der Waals surface area (Å²) in [7, 11) is 0. The van der Waals surface area contributed by atoms with Gasteiger partial charge in [0, 0.05) is 22.2 Å². The van der Waals surface area contributed by atoms with Crippen LogP contribution in [0.1, 0.15) is 32.1 Å². The fourth-order valence-corrected chi connectivity index (χ4v) is 3.83. The number of fused-ring (bicyclic) bond motifs is 1. The Labute approximate surface area is 194 Å². The fraction of sp³-hybridized carbons (Fsp3) is 0.0455. The van der Waals surface area contributed by atoms with Crippen molar-refractivity contribution in [1.82, 2.24) is 14.2 Å². The normalized spacial score (nSPS) is 11.2. The van der Waals surface area contributed by atoms with Crippen LogP contribution in [0.2, 0.25) is 0 Å². The number of nitrogens with zero attached hydrogens (tertiary/aromatic N) is 4. The monoisotopic (exact) mass is 482 g/mol. The van der Waals surface area contributed by atoms with Gasteiger partial charge in [0.2, 0.25) is 0 Å². The van der Waals surface area contributed by atoms with Gasteiger partial charge in [0.15, 0.2) is 5.69 Å². The summed E-state index contributed by atoms with van der Waals surface area (Å²) in [4.78, 5) is 29.2. The zero-order chi connectivity index (χ0) is 24.5. The van der Waals surface area contributed by atoms with E-state index in [1.54, 1.807) is 36.4 Å². The molecule has 8 nitrogen and oxygen atoms in total. The molecule has 4 aromatic rings. The van der Waals surface area contributed by atoms with E-state index in [4.69, 9.17) is 11.0 Å². The molecule has 0 spiro atoms. The van der Waals surface area contributed by atoms with E-state index in [-0.39, 0.29) is 16.8 Å². The van der Waals surface area contributed by atoms with E-state index in [9.17, 15) is 22.8 Å². The fourth-order valence-electron chi connectivity index (χ4n) is 3.08. The highest BCUT2D eigenvalue weighted by Gasteiger charge is 2.38. The van der Waals surface area contributed by atoms with Crippen LogP contribution in [0, 0.1) is 11.3 Å². The van der Waals surface area contributed by atoms with Crippen LogP contribution in [0.5, 0.6) is 0 Å². The van der Waals surface area contributed by atoms with E-state index in [0.29, 0.717) is 15.8 Å². The van der Waals surface area contributed by atoms with Crippen molar-refractivity contribution in [3.63, 3.8) is 0 Å². The van der Waals surface area contributed by atoms with Crippen LogP contribution in [0.25, 0.3) is 10.9 Å². The van der Waals surface area contributed by atoms with Crippen molar-refractivity contribution < 1.29 is 22.8 Å². The summed E-state index contributed by atoms with van der Waals surface area (Å²) in [5.74, 6) is -1.78. The zero-order valence-corrected chi connectivity index (χ0v) is 17.8. The van der Waals surface area contributed by atoms with E-state index in [2.05, 4.69) is 15.4 Å². The second-order valence-electron chi connectivity index (χ2n) is 6.91. The van der Waals surface area contributed by atoms with Gasteiger partial charge in [0.25, 0.3) is 11.8 Å². The maximum atomic E-state index is 13.6. The number of benzene rings is 2. The largest absolute Gasteiger partial charge is 0.437 e. The van der Waals surface area contributed by atoms with Crippen molar-refractivity contribution in [2.45, 2.75) is 11.1 Å². The molecule has 0 saturated heterocycles. The molecule has 34 heavy (non-hydrogen) atoms. The molecule has 0 aliphatic carbocycles. The van der Waals surface area contributed by atoms with Gasteiger partial charge < -0.3 is 11.1 Å². The molecule has 0 bridgehead atoms. The van der Waals surface area contributed by atoms with E-state index < -0.39 is 29.4 Å². The molecule has 2 amide bonds. The standard InChI is InChI=1S/C22H13F3N6O2S/c23-22(24,25)19-18(11-31(30-19)34-13-7-5-12(10-26)6-8-13)29-21(33)15-9-17(20(27)32)28-16-4-2-1-3-14(15)16/h1-9,11H,(H2,27,32)(H,29,33). The Morgan fingerprint density at radius 1 is 1.12 bits per heavy atom. The number of hydrogen-bond acceptors (Lipinski definition) is 6. The predicted molar refractivity (Wildman–Crippen MR) is 118 cm³/mol. The molecule has 0 aliphatic rings. The van der Waals surface area contributed by atoms with E-state index in [0.717, 1.165) is 28.3 Å². The Morgan fingerprint density at radius 2 is 1.82 bits per heavy atom. The van der Waals surface area contributed by atoms with Crippen molar-refractivity contribution in [1.29, 1.82) is 5.26 Å². The summed E-state index contributed by atoms with van der Waals surface area (Å²) in [6.45, 7) is 0. The maximum Gasteiger partial charge on any atom is 0.437 e. The third kappa shape index (κ3) is 4.69. The highest BCUT2D eigenvalue weighted by molar-refractivity contribution is 7.97. The number of halogens is 3. The van der Waals surface area contributed by atoms with Gasteiger partial charge in [0.05, 0.1) is 34.6 Å². The van der Waals surface area contributed by atoms with Crippen molar-refractivity contribution in [3.05, 3.63) is 83.3 Å². The number of anilines is 1.